The fourth-order valence-corrected chi connectivity index (χ4v) is 2.14. The molecule has 106 valence electrons. The van der Waals surface area contributed by atoms with E-state index in [1.165, 1.54) is 6.07 Å². The molecular weight excluding hydrogens is 331 g/mol. The van der Waals surface area contributed by atoms with Crippen molar-refractivity contribution in [3.63, 3.8) is 0 Å². The van der Waals surface area contributed by atoms with Crippen LogP contribution in [0.2, 0.25) is 10.6 Å². The van der Waals surface area contributed by atoms with Gasteiger partial charge in [0.25, 0.3) is 10.1 Å². The number of aromatic nitrogens is 3. The summed E-state index contributed by atoms with van der Waals surface area (Å²) in [6.07, 6.45) is 0. The van der Waals surface area contributed by atoms with E-state index in [2.05, 4.69) is 20.3 Å². The first-order chi connectivity index (χ1) is 9.25. The van der Waals surface area contributed by atoms with Crippen LogP contribution in [0.15, 0.2) is 23.1 Å². The maximum atomic E-state index is 10.9. The standard InChI is InChI=1S/C9H6Cl2N4O4S/c10-7-13-8(11)15-9(14-7)12-5-2-1-4(3-6(5)16)20(17,18)19/h1-3,16H,(H,17,18,19)(H,12,13,14,15). The van der Waals surface area contributed by atoms with Gasteiger partial charge in [-0.15, -0.1) is 0 Å². The van der Waals surface area contributed by atoms with Gasteiger partial charge in [-0.05, 0) is 35.3 Å². The lowest BCUT2D eigenvalue weighted by Crippen LogP contribution is -2.01. The van der Waals surface area contributed by atoms with E-state index in [4.69, 9.17) is 27.8 Å². The van der Waals surface area contributed by atoms with E-state index in [-0.39, 0.29) is 22.2 Å². The second-order valence-electron chi connectivity index (χ2n) is 3.48. The first kappa shape index (κ1) is 14.7. The topological polar surface area (TPSA) is 125 Å². The van der Waals surface area contributed by atoms with Crippen molar-refractivity contribution in [2.24, 2.45) is 0 Å². The molecule has 0 amide bonds. The van der Waals surface area contributed by atoms with Crippen LogP contribution in [-0.2, 0) is 10.1 Å². The Bertz CT molecular complexity index is 748. The second-order valence-corrected chi connectivity index (χ2v) is 5.57. The van der Waals surface area contributed by atoms with Crippen molar-refractivity contribution in [3.8, 4) is 5.75 Å². The minimum atomic E-state index is -4.40. The van der Waals surface area contributed by atoms with Gasteiger partial charge in [-0.3, -0.25) is 4.55 Å². The van der Waals surface area contributed by atoms with Crippen LogP contribution < -0.4 is 5.32 Å². The SMILES string of the molecule is O=S(=O)(O)c1ccc(Nc2nc(Cl)nc(Cl)n2)c(O)c1. The Morgan fingerprint density at radius 1 is 1.10 bits per heavy atom. The fraction of sp³-hybridized carbons (Fsp3) is 0. The summed E-state index contributed by atoms with van der Waals surface area (Å²) < 4.78 is 30.6. The Labute approximate surface area is 123 Å². The zero-order valence-corrected chi connectivity index (χ0v) is 11.8. The highest BCUT2D eigenvalue weighted by Crippen LogP contribution is 2.28. The summed E-state index contributed by atoms with van der Waals surface area (Å²) in [7, 11) is -4.40. The number of hydrogen-bond acceptors (Lipinski definition) is 7. The number of aromatic hydroxyl groups is 1. The van der Waals surface area contributed by atoms with E-state index in [0.29, 0.717) is 0 Å². The highest BCUT2D eigenvalue weighted by molar-refractivity contribution is 7.85. The molecule has 11 heteroatoms. The Morgan fingerprint density at radius 2 is 1.70 bits per heavy atom. The molecule has 0 atom stereocenters. The maximum absolute atomic E-state index is 10.9. The summed E-state index contributed by atoms with van der Waals surface area (Å²) in [6.45, 7) is 0. The number of phenolic OH excluding ortho intramolecular Hbond substituents is 1. The number of benzene rings is 1. The number of anilines is 2. The van der Waals surface area contributed by atoms with Crippen molar-refractivity contribution in [2.75, 3.05) is 5.32 Å². The van der Waals surface area contributed by atoms with Gasteiger partial charge in [0.1, 0.15) is 5.75 Å². The molecule has 0 unspecified atom stereocenters. The van der Waals surface area contributed by atoms with Crippen LogP contribution in [0.3, 0.4) is 0 Å². The van der Waals surface area contributed by atoms with Gasteiger partial charge in [0.15, 0.2) is 0 Å². The first-order valence-electron chi connectivity index (χ1n) is 4.90. The Kier molecular flexibility index (Phi) is 3.95. The number of nitrogens with zero attached hydrogens (tertiary/aromatic N) is 3. The average molecular weight is 337 g/mol. The summed E-state index contributed by atoms with van der Waals surface area (Å²) in [6, 6.07) is 3.16. The molecule has 0 spiro atoms. The van der Waals surface area contributed by atoms with Crippen molar-refractivity contribution in [1.29, 1.82) is 0 Å². The van der Waals surface area contributed by atoms with Gasteiger partial charge in [0.05, 0.1) is 10.6 Å². The highest BCUT2D eigenvalue weighted by Gasteiger charge is 2.13. The zero-order chi connectivity index (χ0) is 14.9. The number of rotatable bonds is 3. The van der Waals surface area contributed by atoms with E-state index < -0.39 is 20.8 Å². The lowest BCUT2D eigenvalue weighted by molar-refractivity contribution is 0.468. The average Bonchev–Trinajstić information content (AvgIpc) is 2.29. The quantitative estimate of drug-likeness (QED) is 0.572. The van der Waals surface area contributed by atoms with Crippen LogP contribution in [0, 0.1) is 0 Å². The molecule has 0 fully saturated rings. The van der Waals surface area contributed by atoms with Gasteiger partial charge in [-0.2, -0.15) is 23.4 Å². The normalized spacial score (nSPS) is 11.3. The van der Waals surface area contributed by atoms with Crippen molar-refractivity contribution >= 4 is 45.0 Å². The van der Waals surface area contributed by atoms with E-state index in [9.17, 15) is 13.5 Å². The van der Waals surface area contributed by atoms with Crippen LogP contribution in [0.25, 0.3) is 0 Å². The van der Waals surface area contributed by atoms with Gasteiger partial charge < -0.3 is 10.4 Å². The molecule has 0 bridgehead atoms. The Hall–Kier alpha value is -1.68. The third kappa shape index (κ3) is 3.45. The highest BCUT2D eigenvalue weighted by atomic mass is 35.5. The van der Waals surface area contributed by atoms with Crippen molar-refractivity contribution in [1.82, 2.24) is 15.0 Å². The fourth-order valence-electron chi connectivity index (χ4n) is 1.28. The minimum Gasteiger partial charge on any atom is -0.506 e. The van der Waals surface area contributed by atoms with E-state index >= 15 is 0 Å². The molecule has 3 N–H and O–H groups in total. The van der Waals surface area contributed by atoms with Crippen molar-refractivity contribution < 1.29 is 18.1 Å². The van der Waals surface area contributed by atoms with Crippen LogP contribution in [0.5, 0.6) is 5.75 Å². The largest absolute Gasteiger partial charge is 0.506 e. The van der Waals surface area contributed by atoms with E-state index in [0.717, 1.165) is 12.1 Å². The summed E-state index contributed by atoms with van der Waals surface area (Å²) in [5.41, 5.74) is 0.0933. The smallest absolute Gasteiger partial charge is 0.294 e. The third-order valence-corrected chi connectivity index (χ3v) is 3.28. The molecule has 1 heterocycles. The molecular formula is C9H6Cl2N4O4S. The van der Waals surface area contributed by atoms with Gasteiger partial charge in [0, 0.05) is 6.07 Å². The number of hydrogen-bond donors (Lipinski definition) is 3. The third-order valence-electron chi connectivity index (χ3n) is 2.09. The van der Waals surface area contributed by atoms with E-state index in [1.807, 2.05) is 0 Å². The monoisotopic (exact) mass is 336 g/mol. The summed E-state index contributed by atoms with van der Waals surface area (Å²) in [5, 5.41) is 12.0. The van der Waals surface area contributed by atoms with Gasteiger partial charge in [0.2, 0.25) is 16.5 Å². The van der Waals surface area contributed by atoms with Crippen LogP contribution in [-0.4, -0.2) is 33.0 Å². The molecule has 0 saturated carbocycles. The molecule has 2 rings (SSSR count). The number of nitrogens with one attached hydrogen (secondary N) is 1. The summed E-state index contributed by atoms with van der Waals surface area (Å²) in [4.78, 5) is 10.5. The Morgan fingerprint density at radius 3 is 2.20 bits per heavy atom. The molecule has 0 aliphatic rings. The number of phenols is 1. The van der Waals surface area contributed by atoms with Crippen molar-refractivity contribution in [3.05, 3.63) is 28.8 Å². The van der Waals surface area contributed by atoms with Crippen LogP contribution in [0.4, 0.5) is 11.6 Å². The summed E-state index contributed by atoms with van der Waals surface area (Å²) in [5.74, 6) is -0.474. The molecule has 1 aromatic heterocycles. The van der Waals surface area contributed by atoms with Crippen molar-refractivity contribution in [2.45, 2.75) is 4.90 Å². The molecule has 0 radical (unpaired) electrons. The molecule has 8 nitrogen and oxygen atoms in total. The molecule has 20 heavy (non-hydrogen) atoms. The van der Waals surface area contributed by atoms with Gasteiger partial charge in [-0.25, -0.2) is 0 Å². The van der Waals surface area contributed by atoms with E-state index in [1.54, 1.807) is 0 Å². The Balaban J connectivity index is 2.35. The molecule has 0 aliphatic heterocycles. The molecule has 0 saturated heterocycles. The predicted molar refractivity (Wildman–Crippen MR) is 71.1 cm³/mol. The lowest BCUT2D eigenvalue weighted by Gasteiger charge is -2.08. The molecule has 0 aliphatic carbocycles. The van der Waals surface area contributed by atoms with Gasteiger partial charge >= 0.3 is 0 Å². The predicted octanol–water partition coefficient (Wildman–Crippen LogP) is 1.87. The first-order valence-corrected chi connectivity index (χ1v) is 7.10. The minimum absolute atomic E-state index is 0.0371. The molecule has 1 aromatic carbocycles. The zero-order valence-electron chi connectivity index (χ0n) is 9.45. The van der Waals surface area contributed by atoms with Gasteiger partial charge in [-0.1, -0.05) is 0 Å². The molecule has 2 aromatic rings. The number of halogens is 2. The lowest BCUT2D eigenvalue weighted by atomic mass is 10.3. The van der Waals surface area contributed by atoms with Crippen LogP contribution >= 0.6 is 23.2 Å². The maximum Gasteiger partial charge on any atom is 0.294 e. The second kappa shape index (κ2) is 5.37. The summed E-state index contributed by atoms with van der Waals surface area (Å²) >= 11 is 11.2. The van der Waals surface area contributed by atoms with Crippen LogP contribution in [0.1, 0.15) is 0 Å².